The highest BCUT2D eigenvalue weighted by molar-refractivity contribution is 7.90. The van der Waals surface area contributed by atoms with Gasteiger partial charge in [-0.2, -0.15) is 0 Å². The van der Waals surface area contributed by atoms with E-state index in [4.69, 9.17) is 4.74 Å². The van der Waals surface area contributed by atoms with Gasteiger partial charge in [-0.15, -0.1) is 0 Å². The molecule has 11 heteroatoms. The summed E-state index contributed by atoms with van der Waals surface area (Å²) in [6.45, 7) is 0.119. The molecule has 248 valence electrons. The van der Waals surface area contributed by atoms with Crippen LogP contribution in [0, 0.1) is 11.7 Å². The van der Waals surface area contributed by atoms with Crippen molar-refractivity contribution in [2.45, 2.75) is 63.2 Å². The van der Waals surface area contributed by atoms with Crippen molar-refractivity contribution in [2.24, 2.45) is 5.92 Å². The lowest BCUT2D eigenvalue weighted by Crippen LogP contribution is -2.55. The van der Waals surface area contributed by atoms with Gasteiger partial charge in [-0.25, -0.2) is 12.8 Å². The molecule has 0 aliphatic carbocycles. The molecule has 0 bridgehead atoms. The average molecular weight is 656 g/mol. The van der Waals surface area contributed by atoms with Gasteiger partial charge < -0.3 is 25.0 Å². The number of carbonyl (C=O) groups excluding carboxylic acids is 2. The predicted molar refractivity (Wildman–Crippen MR) is 172 cm³/mol. The number of anilines is 1. The smallest absolute Gasteiger partial charge is 0.303 e. The standard InChI is InChI=1S/C35H42FNO8S/c1-24(40)45-32(27-12-14-29(36)15-13-27)19-18-31-33(28-10-6-26(7-11-28)21-35(42,22-38)23-39)37(34(31)41)30-16-8-25(9-17-30)5-3-4-20-46(2,43)44/h6-17,31-33,38-39,42H,3-5,18-23H2,1-2H3/t31?,32-,33+/m0/s1. The fourth-order valence-corrected chi connectivity index (χ4v) is 6.62. The van der Waals surface area contributed by atoms with Crippen LogP contribution in [0.25, 0.3) is 0 Å². The summed E-state index contributed by atoms with van der Waals surface area (Å²) in [5, 5.41) is 29.4. The number of halogens is 1. The van der Waals surface area contributed by atoms with Crippen molar-refractivity contribution in [1.82, 2.24) is 0 Å². The fourth-order valence-electron chi connectivity index (χ4n) is 5.89. The summed E-state index contributed by atoms with van der Waals surface area (Å²) in [6, 6.07) is 20.3. The average Bonchev–Trinajstić information content (AvgIpc) is 3.02. The lowest BCUT2D eigenvalue weighted by atomic mass is 9.78. The third-order valence-corrected chi connectivity index (χ3v) is 9.42. The lowest BCUT2D eigenvalue weighted by molar-refractivity contribution is -0.147. The highest BCUT2D eigenvalue weighted by Gasteiger charge is 2.48. The first-order chi connectivity index (χ1) is 21.8. The first-order valence-corrected chi connectivity index (χ1v) is 17.4. The summed E-state index contributed by atoms with van der Waals surface area (Å²) in [7, 11) is -3.00. The van der Waals surface area contributed by atoms with E-state index < -0.39 is 52.5 Å². The second kappa shape index (κ2) is 15.3. The molecule has 3 aromatic rings. The molecule has 4 rings (SSSR count). The minimum absolute atomic E-state index is 0.0460. The normalized spacial score (nSPS) is 17.4. The Labute approximate surface area is 269 Å². The Balaban J connectivity index is 1.55. The SMILES string of the molecule is CC(=O)O[C@@H](CCC1C(=O)N(c2ccc(CCCCS(C)(=O)=O)cc2)[C@@H]1c1ccc(CC(O)(CO)CO)cc1)c1ccc(F)cc1. The van der Waals surface area contributed by atoms with Gasteiger partial charge in [-0.05, 0) is 78.6 Å². The number of unbranched alkanes of at least 4 members (excludes halogenated alkanes) is 1. The molecule has 3 N–H and O–H groups in total. The maximum atomic E-state index is 13.7. The Bertz CT molecular complexity index is 1570. The number of rotatable bonds is 16. The van der Waals surface area contributed by atoms with Crippen molar-refractivity contribution >= 4 is 27.4 Å². The molecule has 0 radical (unpaired) electrons. The zero-order valence-electron chi connectivity index (χ0n) is 26.1. The number of aryl methyl sites for hydroxylation is 1. The van der Waals surface area contributed by atoms with Gasteiger partial charge in [0, 0.05) is 31.0 Å². The Morgan fingerprint density at radius 2 is 1.57 bits per heavy atom. The topological polar surface area (TPSA) is 141 Å². The van der Waals surface area contributed by atoms with E-state index in [2.05, 4.69) is 0 Å². The number of aliphatic hydroxyl groups excluding tert-OH is 2. The van der Waals surface area contributed by atoms with Crippen molar-refractivity contribution in [1.29, 1.82) is 0 Å². The van der Waals surface area contributed by atoms with E-state index in [1.54, 1.807) is 29.2 Å². The van der Waals surface area contributed by atoms with Crippen molar-refractivity contribution < 1.29 is 42.5 Å². The van der Waals surface area contributed by atoms with Gasteiger partial charge in [0.05, 0.1) is 25.2 Å². The van der Waals surface area contributed by atoms with Crippen LogP contribution in [0.15, 0.2) is 72.8 Å². The third-order valence-electron chi connectivity index (χ3n) is 8.39. The van der Waals surface area contributed by atoms with E-state index in [1.165, 1.54) is 25.3 Å². The number of sulfone groups is 1. The second-order valence-electron chi connectivity index (χ2n) is 12.2. The van der Waals surface area contributed by atoms with E-state index in [0.29, 0.717) is 42.5 Å². The molecule has 0 spiro atoms. The molecule has 1 heterocycles. The van der Waals surface area contributed by atoms with Crippen LogP contribution in [-0.4, -0.2) is 66.4 Å². The summed E-state index contributed by atoms with van der Waals surface area (Å²) in [5.41, 5.74) is 2.27. The number of β-lactam (4-membered cyclic amide) rings is 1. The highest BCUT2D eigenvalue weighted by Crippen LogP contribution is 2.46. The molecule has 46 heavy (non-hydrogen) atoms. The van der Waals surface area contributed by atoms with Gasteiger partial charge in [0.1, 0.15) is 27.4 Å². The zero-order valence-corrected chi connectivity index (χ0v) is 27.0. The molecule has 1 saturated heterocycles. The monoisotopic (exact) mass is 655 g/mol. The highest BCUT2D eigenvalue weighted by atomic mass is 32.2. The van der Waals surface area contributed by atoms with Crippen molar-refractivity contribution in [3.8, 4) is 0 Å². The van der Waals surface area contributed by atoms with Gasteiger partial charge in [0.2, 0.25) is 5.91 Å². The predicted octanol–water partition coefficient (Wildman–Crippen LogP) is 4.24. The maximum absolute atomic E-state index is 13.7. The number of hydrogen-bond acceptors (Lipinski definition) is 8. The fraction of sp³-hybridized carbons (Fsp3) is 0.429. The molecule has 1 aliphatic heterocycles. The molecule has 0 aromatic heterocycles. The summed E-state index contributed by atoms with van der Waals surface area (Å²) in [5.74, 6) is -1.27. The van der Waals surface area contributed by atoms with Crippen LogP contribution >= 0.6 is 0 Å². The summed E-state index contributed by atoms with van der Waals surface area (Å²) < 4.78 is 42.0. The number of hydrogen-bond donors (Lipinski definition) is 3. The van der Waals surface area contributed by atoms with E-state index in [0.717, 1.165) is 17.5 Å². The molecule has 0 saturated carbocycles. The van der Waals surface area contributed by atoms with Crippen LogP contribution in [0.4, 0.5) is 10.1 Å². The number of ether oxygens (including phenoxy) is 1. The number of nitrogens with zero attached hydrogens (tertiary/aromatic N) is 1. The molecule has 1 unspecified atom stereocenters. The van der Waals surface area contributed by atoms with Gasteiger partial charge in [-0.1, -0.05) is 48.5 Å². The summed E-state index contributed by atoms with van der Waals surface area (Å²) in [4.78, 5) is 27.3. The van der Waals surface area contributed by atoms with Crippen molar-refractivity contribution in [3.63, 3.8) is 0 Å². The zero-order chi connectivity index (χ0) is 33.5. The quantitative estimate of drug-likeness (QED) is 0.118. The second-order valence-corrected chi connectivity index (χ2v) is 14.5. The van der Waals surface area contributed by atoms with E-state index in [1.807, 2.05) is 36.4 Å². The molecule has 3 aromatic carbocycles. The minimum Gasteiger partial charge on any atom is -0.458 e. The molecule has 1 fully saturated rings. The minimum atomic E-state index is -3.00. The van der Waals surface area contributed by atoms with E-state index in [-0.39, 0.29) is 24.1 Å². The Hall–Kier alpha value is -3.64. The number of aliphatic hydroxyl groups is 3. The summed E-state index contributed by atoms with van der Waals surface area (Å²) in [6.07, 6.45) is 3.38. The molecule has 3 atom stereocenters. The van der Waals surface area contributed by atoms with Gasteiger partial charge >= 0.3 is 5.97 Å². The Morgan fingerprint density at radius 3 is 2.13 bits per heavy atom. The van der Waals surface area contributed by atoms with Gasteiger partial charge in [0.15, 0.2) is 0 Å². The van der Waals surface area contributed by atoms with Gasteiger partial charge in [0.25, 0.3) is 0 Å². The molecule has 9 nitrogen and oxygen atoms in total. The number of benzene rings is 3. The van der Waals surface area contributed by atoms with Crippen LogP contribution in [-0.2, 0) is 37.0 Å². The third kappa shape index (κ3) is 9.22. The number of esters is 1. The van der Waals surface area contributed by atoms with Crippen molar-refractivity contribution in [3.05, 3.63) is 101 Å². The number of carbonyl (C=O) groups is 2. The van der Waals surface area contributed by atoms with E-state index in [9.17, 15) is 37.7 Å². The Morgan fingerprint density at radius 1 is 0.957 bits per heavy atom. The first-order valence-electron chi connectivity index (χ1n) is 15.4. The molecular formula is C35H42FNO8S. The lowest BCUT2D eigenvalue weighted by Gasteiger charge is -2.48. The van der Waals surface area contributed by atoms with Crippen LogP contribution in [0.1, 0.15) is 67.0 Å². The molecule has 1 aliphatic rings. The largest absolute Gasteiger partial charge is 0.458 e. The maximum Gasteiger partial charge on any atom is 0.303 e. The van der Waals surface area contributed by atoms with Crippen LogP contribution in [0.5, 0.6) is 0 Å². The van der Waals surface area contributed by atoms with Crippen LogP contribution < -0.4 is 4.90 Å². The van der Waals surface area contributed by atoms with Crippen LogP contribution in [0.2, 0.25) is 0 Å². The molecular weight excluding hydrogens is 613 g/mol. The molecule has 1 amide bonds. The van der Waals surface area contributed by atoms with Crippen LogP contribution in [0.3, 0.4) is 0 Å². The summed E-state index contributed by atoms with van der Waals surface area (Å²) >= 11 is 0. The van der Waals surface area contributed by atoms with Crippen molar-refractivity contribution in [2.75, 3.05) is 30.1 Å². The first kappa shape index (κ1) is 35.2. The van der Waals surface area contributed by atoms with E-state index >= 15 is 0 Å². The Kier molecular flexibility index (Phi) is 11.7. The van der Waals surface area contributed by atoms with Gasteiger partial charge in [-0.3, -0.25) is 9.59 Å². The number of amides is 1.